The first-order chi connectivity index (χ1) is 6.29. The molecule has 13 heavy (non-hydrogen) atoms. The third kappa shape index (κ3) is 2.57. The highest BCUT2D eigenvalue weighted by Gasteiger charge is 2.24. The van der Waals surface area contributed by atoms with Gasteiger partial charge in [0.05, 0.1) is 0 Å². The number of aliphatic hydroxyl groups is 1. The van der Waals surface area contributed by atoms with Crippen molar-refractivity contribution in [3.05, 3.63) is 0 Å². The van der Waals surface area contributed by atoms with Gasteiger partial charge in [-0.25, -0.2) is 4.79 Å². The molecule has 1 atom stereocenters. The summed E-state index contributed by atoms with van der Waals surface area (Å²) in [6.07, 6.45) is 0.639. The number of nitrogens with one attached hydrogen (secondary N) is 2. The Morgan fingerprint density at radius 2 is 2.54 bits per heavy atom. The van der Waals surface area contributed by atoms with Crippen molar-refractivity contribution in [1.82, 2.24) is 15.5 Å². The lowest BCUT2D eigenvalue weighted by molar-refractivity contribution is 0.141. The molecule has 0 radical (unpaired) electrons. The molecule has 1 fully saturated rings. The van der Waals surface area contributed by atoms with Gasteiger partial charge in [0.1, 0.15) is 0 Å². The topological polar surface area (TPSA) is 64.6 Å². The van der Waals surface area contributed by atoms with Crippen molar-refractivity contribution in [2.24, 2.45) is 0 Å². The molecule has 1 aliphatic rings. The largest absolute Gasteiger partial charge is 0.396 e. The third-order valence-corrected chi connectivity index (χ3v) is 2.29. The first-order valence-electron chi connectivity index (χ1n) is 4.59. The average molecular weight is 187 g/mol. The van der Waals surface area contributed by atoms with E-state index >= 15 is 0 Å². The minimum atomic E-state index is -0.0556. The molecular formula is C8H17N3O2. The Kier molecular flexibility index (Phi) is 3.98. The number of nitrogens with zero attached hydrogens (tertiary/aromatic N) is 1. The van der Waals surface area contributed by atoms with Gasteiger partial charge in [-0.05, 0) is 6.42 Å². The van der Waals surface area contributed by atoms with Crippen LogP contribution in [0.2, 0.25) is 0 Å². The molecule has 1 heterocycles. The standard InChI is InChI=1S/C8H17N3O2/c1-9-8(13)11-4-3-10-6-7(11)2-5-12/h7,10,12H,2-6H2,1H3,(H,9,13). The lowest BCUT2D eigenvalue weighted by Gasteiger charge is -2.35. The fourth-order valence-electron chi connectivity index (χ4n) is 1.58. The summed E-state index contributed by atoms with van der Waals surface area (Å²) in [7, 11) is 1.63. The molecule has 1 aliphatic heterocycles. The quantitative estimate of drug-likeness (QED) is 0.518. The van der Waals surface area contributed by atoms with Crippen LogP contribution in [0.25, 0.3) is 0 Å². The van der Waals surface area contributed by atoms with Gasteiger partial charge in [-0.2, -0.15) is 0 Å². The Morgan fingerprint density at radius 3 is 3.15 bits per heavy atom. The second kappa shape index (κ2) is 5.04. The minimum absolute atomic E-state index is 0.0556. The fraction of sp³-hybridized carbons (Fsp3) is 0.875. The van der Waals surface area contributed by atoms with Gasteiger partial charge < -0.3 is 20.6 Å². The number of piperazine rings is 1. The SMILES string of the molecule is CNC(=O)N1CCNCC1CCO. The second-order valence-electron chi connectivity index (χ2n) is 3.12. The van der Waals surface area contributed by atoms with Gasteiger partial charge in [-0.1, -0.05) is 0 Å². The van der Waals surface area contributed by atoms with Crippen LogP contribution in [0.15, 0.2) is 0 Å². The van der Waals surface area contributed by atoms with Crippen LogP contribution >= 0.6 is 0 Å². The highest BCUT2D eigenvalue weighted by molar-refractivity contribution is 5.74. The molecule has 0 aromatic carbocycles. The van der Waals surface area contributed by atoms with Crippen LogP contribution in [0.3, 0.4) is 0 Å². The molecule has 3 N–H and O–H groups in total. The number of carbonyl (C=O) groups is 1. The zero-order valence-corrected chi connectivity index (χ0v) is 7.92. The van der Waals surface area contributed by atoms with Crippen molar-refractivity contribution in [1.29, 1.82) is 0 Å². The molecule has 5 heteroatoms. The van der Waals surface area contributed by atoms with E-state index in [2.05, 4.69) is 10.6 Å². The van der Waals surface area contributed by atoms with Crippen LogP contribution in [0, 0.1) is 0 Å². The number of aliphatic hydroxyl groups excluding tert-OH is 1. The zero-order chi connectivity index (χ0) is 9.68. The molecule has 0 aliphatic carbocycles. The number of amides is 2. The van der Waals surface area contributed by atoms with Crippen molar-refractivity contribution in [3.8, 4) is 0 Å². The van der Waals surface area contributed by atoms with Gasteiger partial charge in [0, 0.05) is 39.3 Å². The molecule has 0 aromatic heterocycles. The Hall–Kier alpha value is -0.810. The monoisotopic (exact) mass is 187 g/mol. The van der Waals surface area contributed by atoms with E-state index in [0.717, 1.165) is 13.1 Å². The maximum Gasteiger partial charge on any atom is 0.317 e. The van der Waals surface area contributed by atoms with Crippen LogP contribution in [-0.2, 0) is 0 Å². The van der Waals surface area contributed by atoms with E-state index in [4.69, 9.17) is 5.11 Å². The smallest absolute Gasteiger partial charge is 0.317 e. The maximum absolute atomic E-state index is 11.4. The summed E-state index contributed by atoms with van der Waals surface area (Å²) in [4.78, 5) is 13.1. The maximum atomic E-state index is 11.4. The second-order valence-corrected chi connectivity index (χ2v) is 3.12. The van der Waals surface area contributed by atoms with E-state index in [1.54, 1.807) is 11.9 Å². The molecular weight excluding hydrogens is 170 g/mol. The highest BCUT2D eigenvalue weighted by atomic mass is 16.3. The van der Waals surface area contributed by atoms with Gasteiger partial charge in [-0.15, -0.1) is 0 Å². The molecule has 5 nitrogen and oxygen atoms in total. The number of urea groups is 1. The molecule has 0 spiro atoms. The van der Waals surface area contributed by atoms with E-state index < -0.39 is 0 Å². The van der Waals surface area contributed by atoms with Gasteiger partial charge >= 0.3 is 6.03 Å². The lowest BCUT2D eigenvalue weighted by atomic mass is 10.1. The normalized spacial score (nSPS) is 22.9. The van der Waals surface area contributed by atoms with Gasteiger partial charge in [-0.3, -0.25) is 0 Å². The van der Waals surface area contributed by atoms with Gasteiger partial charge in [0.2, 0.25) is 0 Å². The molecule has 1 saturated heterocycles. The Labute approximate surface area is 78.1 Å². The lowest BCUT2D eigenvalue weighted by Crippen LogP contribution is -2.56. The highest BCUT2D eigenvalue weighted by Crippen LogP contribution is 2.06. The Balaban J connectivity index is 2.50. The summed E-state index contributed by atoms with van der Waals surface area (Å²) in [6, 6.07) is 0.0682. The molecule has 76 valence electrons. The van der Waals surface area contributed by atoms with Crippen LogP contribution in [0.5, 0.6) is 0 Å². The van der Waals surface area contributed by atoms with E-state index in [9.17, 15) is 4.79 Å². The predicted molar refractivity (Wildman–Crippen MR) is 49.5 cm³/mol. The first-order valence-corrected chi connectivity index (χ1v) is 4.59. The molecule has 0 saturated carbocycles. The summed E-state index contributed by atoms with van der Waals surface area (Å²) in [5, 5.41) is 14.6. The average Bonchev–Trinajstić information content (AvgIpc) is 2.18. The number of hydrogen-bond acceptors (Lipinski definition) is 3. The van der Waals surface area contributed by atoms with Crippen molar-refractivity contribution in [2.75, 3.05) is 33.3 Å². The Morgan fingerprint density at radius 1 is 1.77 bits per heavy atom. The van der Waals surface area contributed by atoms with E-state index in [1.165, 1.54) is 0 Å². The Bertz CT molecular complexity index is 173. The minimum Gasteiger partial charge on any atom is -0.396 e. The van der Waals surface area contributed by atoms with Gasteiger partial charge in [0.15, 0.2) is 0 Å². The summed E-state index contributed by atoms with van der Waals surface area (Å²) >= 11 is 0. The zero-order valence-electron chi connectivity index (χ0n) is 7.92. The summed E-state index contributed by atoms with van der Waals surface area (Å²) in [5.74, 6) is 0. The van der Waals surface area contributed by atoms with E-state index in [1.807, 2.05) is 0 Å². The van der Waals surface area contributed by atoms with Crippen LogP contribution < -0.4 is 10.6 Å². The fourth-order valence-corrected chi connectivity index (χ4v) is 1.58. The molecule has 0 aromatic rings. The molecule has 2 amide bonds. The molecule has 1 unspecified atom stereocenters. The van der Waals surface area contributed by atoms with Crippen LogP contribution in [0.1, 0.15) is 6.42 Å². The summed E-state index contributed by atoms with van der Waals surface area (Å²) < 4.78 is 0. The van der Waals surface area contributed by atoms with Crippen LogP contribution in [-0.4, -0.2) is 55.4 Å². The van der Waals surface area contributed by atoms with E-state index in [-0.39, 0.29) is 18.7 Å². The van der Waals surface area contributed by atoms with Crippen molar-refractivity contribution >= 4 is 6.03 Å². The predicted octanol–water partition coefficient (Wildman–Crippen LogP) is -1.02. The van der Waals surface area contributed by atoms with Crippen molar-refractivity contribution in [2.45, 2.75) is 12.5 Å². The molecule has 0 bridgehead atoms. The summed E-state index contributed by atoms with van der Waals surface area (Å²) in [6.45, 7) is 2.44. The van der Waals surface area contributed by atoms with Gasteiger partial charge in [0.25, 0.3) is 0 Å². The number of carbonyl (C=O) groups excluding carboxylic acids is 1. The van der Waals surface area contributed by atoms with Crippen LogP contribution in [0.4, 0.5) is 4.79 Å². The van der Waals surface area contributed by atoms with Crippen molar-refractivity contribution < 1.29 is 9.90 Å². The first kappa shape index (κ1) is 10.3. The number of hydrogen-bond donors (Lipinski definition) is 3. The van der Waals surface area contributed by atoms with E-state index in [0.29, 0.717) is 13.0 Å². The van der Waals surface area contributed by atoms with Crippen molar-refractivity contribution in [3.63, 3.8) is 0 Å². The number of rotatable bonds is 2. The summed E-state index contributed by atoms with van der Waals surface area (Å²) in [5.41, 5.74) is 0. The third-order valence-electron chi connectivity index (χ3n) is 2.29. The molecule has 1 rings (SSSR count).